The second-order valence-electron chi connectivity index (χ2n) is 6.37. The van der Waals surface area contributed by atoms with Crippen LogP contribution in [0.4, 0.5) is 11.4 Å². The van der Waals surface area contributed by atoms with Crippen LogP contribution >= 0.6 is 0 Å². The molecular formula is C21H28N2O2. The first kappa shape index (κ1) is 18.8. The summed E-state index contributed by atoms with van der Waals surface area (Å²) in [5.41, 5.74) is 9.30. The Morgan fingerprint density at radius 2 is 1.84 bits per heavy atom. The van der Waals surface area contributed by atoms with Crippen LogP contribution in [-0.4, -0.2) is 12.0 Å². The molecular weight excluding hydrogens is 312 g/mol. The van der Waals surface area contributed by atoms with E-state index in [1.807, 2.05) is 50.2 Å². The number of nitrogen functional groups attached to an aromatic ring is 1. The predicted octanol–water partition coefficient (Wildman–Crippen LogP) is 4.89. The first-order chi connectivity index (χ1) is 12.0. The van der Waals surface area contributed by atoms with Gasteiger partial charge in [0.1, 0.15) is 5.75 Å². The van der Waals surface area contributed by atoms with Gasteiger partial charge in [-0.05, 0) is 55.0 Å². The molecule has 3 N–H and O–H groups in total. The number of amides is 1. The van der Waals surface area contributed by atoms with Gasteiger partial charge in [0.05, 0.1) is 0 Å². The summed E-state index contributed by atoms with van der Waals surface area (Å²) in [5, 5.41) is 2.94. The van der Waals surface area contributed by atoms with Crippen LogP contribution in [0, 0.1) is 6.92 Å². The number of carbonyl (C=O) groups is 1. The van der Waals surface area contributed by atoms with Crippen LogP contribution in [-0.2, 0) is 4.79 Å². The van der Waals surface area contributed by atoms with E-state index in [0.717, 1.165) is 29.0 Å². The number of para-hydroxylation sites is 1. The number of hydrogen-bond donors (Lipinski definition) is 2. The standard InChI is InChI=1S/C21H28N2O2/c1-5-14(3)16-10-7-8-13-20(16)25-19(6-2)21(24)23-18-12-9-11-17(22)15(18)4/h7-14,19H,5-6,22H2,1-4H3,(H,23,24). The molecule has 0 heterocycles. The van der Waals surface area contributed by atoms with Gasteiger partial charge in [0.15, 0.2) is 6.10 Å². The van der Waals surface area contributed by atoms with Crippen LogP contribution in [0.25, 0.3) is 0 Å². The Balaban J connectivity index is 2.17. The van der Waals surface area contributed by atoms with E-state index in [-0.39, 0.29) is 5.91 Å². The number of ether oxygens (including phenoxy) is 1. The zero-order valence-corrected chi connectivity index (χ0v) is 15.5. The lowest BCUT2D eigenvalue weighted by Gasteiger charge is -2.22. The summed E-state index contributed by atoms with van der Waals surface area (Å²) >= 11 is 0. The second-order valence-corrected chi connectivity index (χ2v) is 6.37. The van der Waals surface area contributed by atoms with Crippen LogP contribution < -0.4 is 15.8 Å². The van der Waals surface area contributed by atoms with Gasteiger partial charge in [-0.15, -0.1) is 0 Å². The fourth-order valence-electron chi connectivity index (χ4n) is 2.69. The summed E-state index contributed by atoms with van der Waals surface area (Å²) in [4.78, 5) is 12.7. The van der Waals surface area contributed by atoms with Crippen molar-refractivity contribution in [2.75, 3.05) is 11.1 Å². The van der Waals surface area contributed by atoms with Gasteiger partial charge in [-0.25, -0.2) is 0 Å². The molecule has 2 unspecified atom stereocenters. The molecule has 1 amide bonds. The smallest absolute Gasteiger partial charge is 0.265 e. The van der Waals surface area contributed by atoms with Crippen LogP contribution in [0.1, 0.15) is 50.7 Å². The van der Waals surface area contributed by atoms with Gasteiger partial charge in [-0.3, -0.25) is 4.79 Å². The zero-order chi connectivity index (χ0) is 18.4. The lowest BCUT2D eigenvalue weighted by Crippen LogP contribution is -2.33. The first-order valence-electron chi connectivity index (χ1n) is 8.89. The maximum absolute atomic E-state index is 12.7. The van der Waals surface area contributed by atoms with Crippen molar-refractivity contribution in [1.29, 1.82) is 0 Å². The molecule has 0 aliphatic carbocycles. The lowest BCUT2D eigenvalue weighted by atomic mass is 9.98. The highest BCUT2D eigenvalue weighted by atomic mass is 16.5. The molecule has 2 atom stereocenters. The maximum atomic E-state index is 12.7. The second kappa shape index (κ2) is 8.56. The summed E-state index contributed by atoms with van der Waals surface area (Å²) in [7, 11) is 0. The van der Waals surface area contributed by atoms with Crippen molar-refractivity contribution in [3.05, 3.63) is 53.6 Å². The maximum Gasteiger partial charge on any atom is 0.265 e. The van der Waals surface area contributed by atoms with E-state index in [2.05, 4.69) is 25.2 Å². The molecule has 25 heavy (non-hydrogen) atoms. The molecule has 0 fully saturated rings. The molecule has 0 aromatic heterocycles. The van der Waals surface area contributed by atoms with E-state index >= 15 is 0 Å². The predicted molar refractivity (Wildman–Crippen MR) is 104 cm³/mol. The van der Waals surface area contributed by atoms with E-state index in [9.17, 15) is 4.79 Å². The zero-order valence-electron chi connectivity index (χ0n) is 15.5. The number of nitrogens with two attached hydrogens (primary N) is 1. The third-order valence-corrected chi connectivity index (χ3v) is 4.63. The Hall–Kier alpha value is -2.49. The van der Waals surface area contributed by atoms with E-state index in [4.69, 9.17) is 10.5 Å². The van der Waals surface area contributed by atoms with Gasteiger partial charge in [0, 0.05) is 11.4 Å². The molecule has 0 saturated carbocycles. The van der Waals surface area contributed by atoms with Crippen molar-refractivity contribution in [3.63, 3.8) is 0 Å². The molecule has 0 radical (unpaired) electrons. The number of anilines is 2. The van der Waals surface area contributed by atoms with Crippen molar-refractivity contribution in [1.82, 2.24) is 0 Å². The average Bonchev–Trinajstić information content (AvgIpc) is 2.63. The fourth-order valence-corrected chi connectivity index (χ4v) is 2.69. The summed E-state index contributed by atoms with van der Waals surface area (Å²) in [6.07, 6.45) is 1.06. The summed E-state index contributed by atoms with van der Waals surface area (Å²) in [6, 6.07) is 13.4. The molecule has 2 aromatic rings. The van der Waals surface area contributed by atoms with Gasteiger partial charge in [-0.2, -0.15) is 0 Å². The monoisotopic (exact) mass is 340 g/mol. The molecule has 0 aliphatic rings. The molecule has 4 nitrogen and oxygen atoms in total. The van der Waals surface area contributed by atoms with E-state index in [0.29, 0.717) is 18.0 Å². The summed E-state index contributed by atoms with van der Waals surface area (Å²) in [6.45, 7) is 8.15. The van der Waals surface area contributed by atoms with Crippen molar-refractivity contribution in [3.8, 4) is 5.75 Å². The topological polar surface area (TPSA) is 64.3 Å². The molecule has 0 bridgehead atoms. The molecule has 0 aliphatic heterocycles. The van der Waals surface area contributed by atoms with Crippen LogP contribution in [0.2, 0.25) is 0 Å². The molecule has 0 saturated heterocycles. The van der Waals surface area contributed by atoms with E-state index in [1.54, 1.807) is 0 Å². The normalized spacial score (nSPS) is 13.1. The van der Waals surface area contributed by atoms with Crippen molar-refractivity contribution in [2.24, 2.45) is 0 Å². The van der Waals surface area contributed by atoms with E-state index in [1.165, 1.54) is 0 Å². The minimum absolute atomic E-state index is 0.157. The van der Waals surface area contributed by atoms with Crippen LogP contribution in [0.3, 0.4) is 0 Å². The Bertz CT molecular complexity index is 728. The van der Waals surface area contributed by atoms with Gasteiger partial charge in [-0.1, -0.05) is 45.0 Å². The summed E-state index contributed by atoms with van der Waals surface area (Å²) < 4.78 is 6.08. The van der Waals surface area contributed by atoms with Crippen LogP contribution in [0.15, 0.2) is 42.5 Å². The first-order valence-corrected chi connectivity index (χ1v) is 8.89. The number of hydrogen-bond acceptors (Lipinski definition) is 3. The Morgan fingerprint density at radius 1 is 1.12 bits per heavy atom. The minimum atomic E-state index is -0.550. The molecule has 2 aromatic carbocycles. The highest BCUT2D eigenvalue weighted by molar-refractivity contribution is 5.95. The third-order valence-electron chi connectivity index (χ3n) is 4.63. The Kier molecular flexibility index (Phi) is 6.45. The minimum Gasteiger partial charge on any atom is -0.480 e. The SMILES string of the molecule is CCC(Oc1ccccc1C(C)CC)C(=O)Nc1cccc(N)c1C. The molecule has 2 rings (SSSR count). The highest BCUT2D eigenvalue weighted by Gasteiger charge is 2.21. The average molecular weight is 340 g/mol. The molecule has 134 valence electrons. The number of rotatable bonds is 7. The molecule has 0 spiro atoms. The van der Waals surface area contributed by atoms with Gasteiger partial charge >= 0.3 is 0 Å². The Labute approximate surface area is 150 Å². The fraction of sp³-hybridized carbons (Fsp3) is 0.381. The van der Waals surface area contributed by atoms with Gasteiger partial charge in [0.25, 0.3) is 5.91 Å². The van der Waals surface area contributed by atoms with Gasteiger partial charge in [0.2, 0.25) is 0 Å². The van der Waals surface area contributed by atoms with Gasteiger partial charge < -0.3 is 15.8 Å². The summed E-state index contributed by atoms with van der Waals surface area (Å²) in [5.74, 6) is 1.01. The number of carbonyl (C=O) groups excluding carboxylic acids is 1. The highest BCUT2D eigenvalue weighted by Crippen LogP contribution is 2.30. The quantitative estimate of drug-likeness (QED) is 0.706. The number of nitrogens with one attached hydrogen (secondary N) is 1. The Morgan fingerprint density at radius 3 is 2.52 bits per heavy atom. The third kappa shape index (κ3) is 4.53. The number of benzene rings is 2. The van der Waals surface area contributed by atoms with Crippen LogP contribution in [0.5, 0.6) is 5.75 Å². The largest absolute Gasteiger partial charge is 0.480 e. The molecule has 4 heteroatoms. The van der Waals surface area contributed by atoms with Crippen molar-refractivity contribution >= 4 is 17.3 Å². The van der Waals surface area contributed by atoms with Crippen molar-refractivity contribution < 1.29 is 9.53 Å². The van der Waals surface area contributed by atoms with Crippen molar-refractivity contribution in [2.45, 2.75) is 52.6 Å². The lowest BCUT2D eigenvalue weighted by molar-refractivity contribution is -0.122. The van der Waals surface area contributed by atoms with E-state index < -0.39 is 6.10 Å².